The molecule has 0 saturated heterocycles. The number of carbonyl (C=O) groups is 1. The number of benzene rings is 2. The minimum atomic E-state index is -1.32. The largest absolute Gasteiger partial charge is 0.289 e. The Morgan fingerprint density at radius 1 is 1.17 bits per heavy atom. The molecule has 124 valence electrons. The molecule has 0 saturated carbocycles. The van der Waals surface area contributed by atoms with Crippen LogP contribution in [0, 0.1) is 5.41 Å². The van der Waals surface area contributed by atoms with Crippen molar-refractivity contribution in [3.05, 3.63) is 42.5 Å². The minimum Gasteiger partial charge on any atom is -0.289 e. The second-order valence-corrected chi connectivity index (χ2v) is 8.67. The molecule has 0 fully saturated rings. The number of hydrogen-bond acceptors (Lipinski definition) is 3. The van der Waals surface area contributed by atoms with Crippen LogP contribution in [0.2, 0.25) is 0 Å². The van der Waals surface area contributed by atoms with Gasteiger partial charge in [-0.25, -0.2) is 5.48 Å². The topological polar surface area (TPSA) is 66.4 Å². The highest BCUT2D eigenvalue weighted by atomic mass is 32.2. The van der Waals surface area contributed by atoms with Crippen LogP contribution in [0.3, 0.4) is 0 Å². The predicted octanol–water partition coefficient (Wildman–Crippen LogP) is 3.65. The molecule has 0 aliphatic heterocycles. The van der Waals surface area contributed by atoms with Gasteiger partial charge in [-0.1, -0.05) is 51.1 Å². The summed E-state index contributed by atoms with van der Waals surface area (Å²) in [6.45, 7) is 6.15. The summed E-state index contributed by atoms with van der Waals surface area (Å²) in [7, 11) is -1.32. The molecule has 4 nitrogen and oxygen atoms in total. The van der Waals surface area contributed by atoms with Crippen molar-refractivity contribution in [3.8, 4) is 0 Å². The van der Waals surface area contributed by atoms with Crippen molar-refractivity contribution in [2.24, 2.45) is 5.41 Å². The zero-order chi connectivity index (χ0) is 17.0. The molecule has 0 aromatic heterocycles. The lowest BCUT2D eigenvalue weighted by atomic mass is 9.89. The highest BCUT2D eigenvalue weighted by molar-refractivity contribution is 7.85. The highest BCUT2D eigenvalue weighted by Gasteiger charge is 2.27. The fraction of sp³-hybridized carbons (Fsp3) is 0.389. The van der Waals surface area contributed by atoms with E-state index in [1.165, 1.54) is 0 Å². The predicted molar refractivity (Wildman–Crippen MR) is 92.8 cm³/mol. The Hall–Kier alpha value is -1.72. The summed E-state index contributed by atoms with van der Waals surface area (Å²) in [5, 5.41) is 10.6. The van der Waals surface area contributed by atoms with Crippen molar-refractivity contribution < 1.29 is 14.2 Å². The Morgan fingerprint density at radius 2 is 1.83 bits per heavy atom. The van der Waals surface area contributed by atoms with E-state index in [1.807, 2.05) is 42.5 Å². The average Bonchev–Trinajstić information content (AvgIpc) is 2.51. The zero-order valence-electron chi connectivity index (χ0n) is 13.7. The lowest BCUT2D eigenvalue weighted by Gasteiger charge is -2.25. The summed E-state index contributed by atoms with van der Waals surface area (Å²) in [5.74, 6) is -0.506. The molecule has 2 N–H and O–H groups in total. The van der Waals surface area contributed by atoms with E-state index in [2.05, 4.69) is 20.8 Å². The molecule has 2 aromatic rings. The lowest BCUT2D eigenvalue weighted by Crippen LogP contribution is -2.30. The van der Waals surface area contributed by atoms with Gasteiger partial charge < -0.3 is 0 Å². The van der Waals surface area contributed by atoms with E-state index < -0.39 is 16.7 Å². The van der Waals surface area contributed by atoms with Crippen molar-refractivity contribution >= 4 is 27.5 Å². The van der Waals surface area contributed by atoms with Gasteiger partial charge in [-0.2, -0.15) is 0 Å². The Balaban J connectivity index is 2.31. The first kappa shape index (κ1) is 17.6. The van der Waals surface area contributed by atoms with Gasteiger partial charge in [-0.15, -0.1) is 0 Å². The monoisotopic (exact) mass is 333 g/mol. The molecular weight excluding hydrogens is 310 g/mol. The summed E-state index contributed by atoms with van der Waals surface area (Å²) >= 11 is 0. The van der Waals surface area contributed by atoms with Crippen LogP contribution in [0.1, 0.15) is 33.6 Å². The van der Waals surface area contributed by atoms with Crippen LogP contribution >= 0.6 is 0 Å². The molecule has 23 heavy (non-hydrogen) atoms. The molecule has 1 amide bonds. The fourth-order valence-corrected chi connectivity index (χ4v) is 4.43. The minimum absolute atomic E-state index is 0.0349. The zero-order valence-corrected chi connectivity index (χ0v) is 14.5. The maximum atomic E-state index is 13.0. The lowest BCUT2D eigenvalue weighted by molar-refractivity contribution is -0.129. The molecule has 2 aromatic carbocycles. The average molecular weight is 333 g/mol. The van der Waals surface area contributed by atoms with Gasteiger partial charge in [-0.05, 0) is 34.7 Å². The van der Waals surface area contributed by atoms with Crippen LogP contribution < -0.4 is 5.48 Å². The maximum Gasteiger partial charge on any atom is 0.244 e. The van der Waals surface area contributed by atoms with Crippen molar-refractivity contribution in [3.63, 3.8) is 0 Å². The number of fused-ring (bicyclic) bond motifs is 1. The van der Waals surface area contributed by atoms with E-state index in [0.717, 1.165) is 10.8 Å². The van der Waals surface area contributed by atoms with Gasteiger partial charge >= 0.3 is 0 Å². The van der Waals surface area contributed by atoms with Crippen LogP contribution in [0.5, 0.6) is 0 Å². The number of hydrogen-bond donors (Lipinski definition) is 2. The summed E-state index contributed by atoms with van der Waals surface area (Å²) in [4.78, 5) is 12.3. The van der Waals surface area contributed by atoms with Gasteiger partial charge in [-0.3, -0.25) is 14.2 Å². The fourth-order valence-electron chi connectivity index (χ4n) is 2.64. The first-order valence-electron chi connectivity index (χ1n) is 7.62. The molecule has 5 heteroatoms. The molecule has 2 atom stereocenters. The third kappa shape index (κ3) is 4.88. The van der Waals surface area contributed by atoms with Gasteiger partial charge in [0.25, 0.3) is 0 Å². The number of nitrogens with one attached hydrogen (secondary N) is 1. The third-order valence-corrected chi connectivity index (χ3v) is 5.29. The SMILES string of the molecule is CC(C)(C)CC(CC(=O)NO)S(=O)c1ccc2ccccc2c1. The smallest absolute Gasteiger partial charge is 0.244 e. The van der Waals surface area contributed by atoms with E-state index in [1.54, 1.807) is 5.48 Å². The maximum absolute atomic E-state index is 13.0. The van der Waals surface area contributed by atoms with Crippen LogP contribution in [-0.4, -0.2) is 20.6 Å². The molecule has 0 aliphatic carbocycles. The van der Waals surface area contributed by atoms with Gasteiger partial charge in [0, 0.05) is 16.6 Å². The molecule has 2 unspecified atom stereocenters. The van der Waals surface area contributed by atoms with Crippen LogP contribution in [0.4, 0.5) is 0 Å². The number of hydroxylamine groups is 1. The molecule has 0 spiro atoms. The Kier molecular flexibility index (Phi) is 5.55. The van der Waals surface area contributed by atoms with E-state index in [-0.39, 0.29) is 17.1 Å². The van der Waals surface area contributed by atoms with Crippen LogP contribution in [0.15, 0.2) is 47.4 Å². The summed E-state index contributed by atoms with van der Waals surface area (Å²) in [6.07, 6.45) is 0.660. The Labute approximate surface area is 139 Å². The standard InChI is InChI=1S/C18H23NO3S/c1-18(2,3)12-16(11-17(20)19-21)23(22)15-9-8-13-6-4-5-7-14(13)10-15/h4-10,16,21H,11-12H2,1-3H3,(H,19,20). The van der Waals surface area contributed by atoms with Gasteiger partial charge in [0.2, 0.25) is 5.91 Å². The summed E-state index contributed by atoms with van der Waals surface area (Å²) in [6, 6.07) is 13.6. The molecule has 2 rings (SSSR count). The molecular formula is C18H23NO3S. The second-order valence-electron chi connectivity index (χ2n) is 6.93. The third-order valence-electron chi connectivity index (χ3n) is 3.63. The molecule has 0 heterocycles. The summed E-state index contributed by atoms with van der Waals surface area (Å²) in [5.41, 5.74) is 1.58. The van der Waals surface area contributed by atoms with Crippen molar-refractivity contribution in [1.29, 1.82) is 0 Å². The number of rotatable bonds is 5. The van der Waals surface area contributed by atoms with E-state index in [4.69, 9.17) is 5.21 Å². The van der Waals surface area contributed by atoms with Crippen LogP contribution in [0.25, 0.3) is 10.8 Å². The highest BCUT2D eigenvalue weighted by Crippen LogP contribution is 2.29. The summed E-state index contributed by atoms with van der Waals surface area (Å²) < 4.78 is 13.0. The number of carbonyl (C=O) groups excluding carboxylic acids is 1. The molecule has 0 radical (unpaired) electrons. The molecule has 0 bridgehead atoms. The first-order valence-corrected chi connectivity index (χ1v) is 8.84. The number of amides is 1. The Morgan fingerprint density at radius 3 is 2.43 bits per heavy atom. The van der Waals surface area contributed by atoms with Gasteiger partial charge in [0.15, 0.2) is 0 Å². The second kappa shape index (κ2) is 7.23. The van der Waals surface area contributed by atoms with E-state index >= 15 is 0 Å². The van der Waals surface area contributed by atoms with Crippen LogP contribution in [-0.2, 0) is 15.6 Å². The van der Waals surface area contributed by atoms with E-state index in [9.17, 15) is 9.00 Å². The quantitative estimate of drug-likeness (QED) is 0.648. The van der Waals surface area contributed by atoms with Crippen molar-refractivity contribution in [2.45, 2.75) is 43.8 Å². The normalized spacial score (nSPS) is 14.4. The van der Waals surface area contributed by atoms with E-state index in [0.29, 0.717) is 11.3 Å². The first-order chi connectivity index (χ1) is 10.8. The van der Waals surface area contributed by atoms with Crippen molar-refractivity contribution in [1.82, 2.24) is 5.48 Å². The van der Waals surface area contributed by atoms with Gasteiger partial charge in [0.1, 0.15) is 0 Å². The van der Waals surface area contributed by atoms with Crippen molar-refractivity contribution in [2.75, 3.05) is 0 Å². The Bertz CT molecular complexity index is 722. The van der Waals surface area contributed by atoms with Gasteiger partial charge in [0.05, 0.1) is 10.8 Å². The molecule has 0 aliphatic rings.